The standard InChI is InChI=1S/C14H19ClN2O3/c1-10-6-17(7-11(9-18)20-10)8-14(19)16-13-5-3-2-4-12(13)15/h2-5,10-11,18H,6-9H2,1H3,(H,16,19). The monoisotopic (exact) mass is 298 g/mol. The lowest BCUT2D eigenvalue weighted by molar-refractivity contribution is -0.124. The van der Waals surface area contributed by atoms with Crippen molar-refractivity contribution >= 4 is 23.2 Å². The van der Waals surface area contributed by atoms with E-state index in [1.165, 1.54) is 0 Å². The number of nitrogens with one attached hydrogen (secondary N) is 1. The van der Waals surface area contributed by atoms with Crippen LogP contribution in [0.4, 0.5) is 5.69 Å². The predicted octanol–water partition coefficient (Wildman–Crippen LogP) is 1.36. The second-order valence-electron chi connectivity index (χ2n) is 4.97. The van der Waals surface area contributed by atoms with Gasteiger partial charge in [0.05, 0.1) is 36.1 Å². The molecule has 0 radical (unpaired) electrons. The number of nitrogens with zero attached hydrogens (tertiary/aromatic N) is 1. The lowest BCUT2D eigenvalue weighted by Crippen LogP contribution is -2.50. The highest BCUT2D eigenvalue weighted by molar-refractivity contribution is 6.33. The molecule has 110 valence electrons. The van der Waals surface area contributed by atoms with Crippen LogP contribution in [0.3, 0.4) is 0 Å². The number of aliphatic hydroxyl groups excluding tert-OH is 1. The fraction of sp³-hybridized carbons (Fsp3) is 0.500. The molecule has 6 heteroatoms. The second-order valence-corrected chi connectivity index (χ2v) is 5.38. The average molecular weight is 299 g/mol. The van der Waals surface area contributed by atoms with Crippen molar-refractivity contribution in [2.75, 3.05) is 31.6 Å². The third-order valence-corrected chi connectivity index (χ3v) is 3.45. The molecule has 1 aromatic rings. The number of aliphatic hydroxyl groups is 1. The van der Waals surface area contributed by atoms with E-state index in [1.54, 1.807) is 12.1 Å². The van der Waals surface area contributed by atoms with Crippen LogP contribution in [0.15, 0.2) is 24.3 Å². The minimum atomic E-state index is -0.230. The molecule has 1 aromatic carbocycles. The number of hydrogen-bond acceptors (Lipinski definition) is 4. The van der Waals surface area contributed by atoms with Crippen molar-refractivity contribution in [1.82, 2.24) is 4.90 Å². The highest BCUT2D eigenvalue weighted by atomic mass is 35.5. The molecule has 0 bridgehead atoms. The molecule has 0 aromatic heterocycles. The number of amides is 1. The lowest BCUT2D eigenvalue weighted by Gasteiger charge is -2.35. The van der Waals surface area contributed by atoms with Gasteiger partial charge >= 0.3 is 0 Å². The first-order valence-electron chi connectivity index (χ1n) is 6.61. The zero-order valence-electron chi connectivity index (χ0n) is 11.4. The smallest absolute Gasteiger partial charge is 0.238 e. The van der Waals surface area contributed by atoms with E-state index >= 15 is 0 Å². The first kappa shape index (κ1) is 15.3. The fourth-order valence-corrected chi connectivity index (χ4v) is 2.51. The molecule has 2 N–H and O–H groups in total. The summed E-state index contributed by atoms with van der Waals surface area (Å²) in [4.78, 5) is 14.0. The molecule has 2 atom stereocenters. The normalized spacial score (nSPS) is 23.6. The maximum absolute atomic E-state index is 12.0. The maximum atomic E-state index is 12.0. The average Bonchev–Trinajstić information content (AvgIpc) is 2.40. The van der Waals surface area contributed by atoms with Crippen LogP contribution in [0.2, 0.25) is 5.02 Å². The number of halogens is 1. The van der Waals surface area contributed by atoms with Crippen LogP contribution >= 0.6 is 11.6 Å². The second kappa shape index (κ2) is 7.04. The third kappa shape index (κ3) is 4.18. The van der Waals surface area contributed by atoms with Gasteiger partial charge in [-0.1, -0.05) is 23.7 Å². The van der Waals surface area contributed by atoms with Crippen molar-refractivity contribution in [2.45, 2.75) is 19.1 Å². The minimum absolute atomic E-state index is 0.00835. The van der Waals surface area contributed by atoms with Crippen LogP contribution in [0.1, 0.15) is 6.92 Å². The molecule has 1 saturated heterocycles. The molecule has 1 heterocycles. The topological polar surface area (TPSA) is 61.8 Å². The van der Waals surface area contributed by atoms with E-state index in [0.717, 1.165) is 0 Å². The Morgan fingerprint density at radius 1 is 1.50 bits per heavy atom. The summed E-state index contributed by atoms with van der Waals surface area (Å²) in [5.41, 5.74) is 0.610. The summed E-state index contributed by atoms with van der Waals surface area (Å²) in [6.45, 7) is 3.38. The molecular formula is C14H19ClN2O3. The van der Waals surface area contributed by atoms with Crippen molar-refractivity contribution in [3.05, 3.63) is 29.3 Å². The summed E-state index contributed by atoms with van der Waals surface area (Å²) in [5.74, 6) is -0.121. The molecule has 20 heavy (non-hydrogen) atoms. The zero-order valence-corrected chi connectivity index (χ0v) is 12.1. The van der Waals surface area contributed by atoms with Crippen LogP contribution in [-0.2, 0) is 9.53 Å². The molecule has 1 fully saturated rings. The van der Waals surface area contributed by atoms with E-state index in [4.69, 9.17) is 21.4 Å². The van der Waals surface area contributed by atoms with Crippen molar-refractivity contribution in [1.29, 1.82) is 0 Å². The van der Waals surface area contributed by atoms with E-state index in [1.807, 2.05) is 24.0 Å². The van der Waals surface area contributed by atoms with Crippen molar-refractivity contribution in [2.24, 2.45) is 0 Å². The van der Waals surface area contributed by atoms with E-state index in [0.29, 0.717) is 23.8 Å². The highest BCUT2D eigenvalue weighted by Crippen LogP contribution is 2.20. The molecule has 1 amide bonds. The molecule has 1 aliphatic heterocycles. The third-order valence-electron chi connectivity index (χ3n) is 3.12. The SMILES string of the molecule is CC1CN(CC(=O)Nc2ccccc2Cl)CC(CO)O1. The summed E-state index contributed by atoms with van der Waals surface area (Å²) in [5, 5.41) is 12.5. The van der Waals surface area contributed by atoms with Gasteiger partial charge in [-0.3, -0.25) is 9.69 Å². The highest BCUT2D eigenvalue weighted by Gasteiger charge is 2.26. The first-order chi connectivity index (χ1) is 9.58. The Morgan fingerprint density at radius 3 is 2.95 bits per heavy atom. The van der Waals surface area contributed by atoms with Gasteiger partial charge in [-0.05, 0) is 19.1 Å². The van der Waals surface area contributed by atoms with Gasteiger partial charge in [-0.15, -0.1) is 0 Å². The Morgan fingerprint density at radius 2 is 2.25 bits per heavy atom. The maximum Gasteiger partial charge on any atom is 0.238 e. The van der Waals surface area contributed by atoms with E-state index in [-0.39, 0.29) is 31.3 Å². The molecule has 5 nitrogen and oxygen atoms in total. The number of para-hydroxylation sites is 1. The van der Waals surface area contributed by atoms with Crippen LogP contribution in [0.5, 0.6) is 0 Å². The quantitative estimate of drug-likeness (QED) is 0.881. The molecule has 1 aliphatic rings. The molecule has 0 aliphatic carbocycles. The predicted molar refractivity (Wildman–Crippen MR) is 77.9 cm³/mol. The van der Waals surface area contributed by atoms with Crippen molar-refractivity contribution in [3.63, 3.8) is 0 Å². The Labute approximate surface area is 123 Å². The van der Waals surface area contributed by atoms with Crippen molar-refractivity contribution in [3.8, 4) is 0 Å². The number of anilines is 1. The van der Waals surface area contributed by atoms with Gasteiger partial charge in [0, 0.05) is 13.1 Å². The summed E-state index contributed by atoms with van der Waals surface area (Å²) in [6.07, 6.45) is -0.221. The number of carbonyl (C=O) groups is 1. The Bertz CT molecular complexity index is 469. The van der Waals surface area contributed by atoms with Gasteiger partial charge < -0.3 is 15.2 Å². The zero-order chi connectivity index (χ0) is 14.5. The van der Waals surface area contributed by atoms with Crippen LogP contribution in [0, 0.1) is 0 Å². The number of ether oxygens (including phenoxy) is 1. The number of carbonyl (C=O) groups excluding carboxylic acids is 1. The minimum Gasteiger partial charge on any atom is -0.394 e. The summed E-state index contributed by atoms with van der Waals surface area (Å²) < 4.78 is 5.54. The Kier molecular flexibility index (Phi) is 5.37. The van der Waals surface area contributed by atoms with Crippen LogP contribution in [0.25, 0.3) is 0 Å². The van der Waals surface area contributed by atoms with Gasteiger partial charge in [-0.2, -0.15) is 0 Å². The summed E-state index contributed by atoms with van der Waals surface area (Å²) >= 11 is 6.00. The number of hydrogen-bond donors (Lipinski definition) is 2. The van der Waals surface area contributed by atoms with Gasteiger partial charge in [0.2, 0.25) is 5.91 Å². The molecule has 0 saturated carbocycles. The Balaban J connectivity index is 1.89. The summed E-state index contributed by atoms with van der Waals surface area (Å²) in [7, 11) is 0. The van der Waals surface area contributed by atoms with Gasteiger partial charge in [-0.25, -0.2) is 0 Å². The fourth-order valence-electron chi connectivity index (χ4n) is 2.33. The van der Waals surface area contributed by atoms with Gasteiger partial charge in [0.15, 0.2) is 0 Å². The van der Waals surface area contributed by atoms with Crippen LogP contribution < -0.4 is 5.32 Å². The molecular weight excluding hydrogens is 280 g/mol. The Hall–Kier alpha value is -1.14. The lowest BCUT2D eigenvalue weighted by atomic mass is 10.2. The van der Waals surface area contributed by atoms with Gasteiger partial charge in [0.25, 0.3) is 0 Å². The van der Waals surface area contributed by atoms with E-state index < -0.39 is 0 Å². The van der Waals surface area contributed by atoms with Gasteiger partial charge in [0.1, 0.15) is 0 Å². The van der Waals surface area contributed by atoms with E-state index in [9.17, 15) is 4.79 Å². The molecule has 0 spiro atoms. The van der Waals surface area contributed by atoms with Crippen LogP contribution in [-0.4, -0.2) is 54.4 Å². The largest absolute Gasteiger partial charge is 0.394 e. The molecule has 2 unspecified atom stereocenters. The molecule has 2 rings (SSSR count). The number of morpholine rings is 1. The summed E-state index contributed by atoms with van der Waals surface area (Å²) in [6, 6.07) is 7.13. The number of benzene rings is 1. The van der Waals surface area contributed by atoms with Crippen molar-refractivity contribution < 1.29 is 14.6 Å². The van der Waals surface area contributed by atoms with E-state index in [2.05, 4.69) is 5.32 Å². The number of rotatable bonds is 4. The first-order valence-corrected chi connectivity index (χ1v) is 6.99.